The van der Waals surface area contributed by atoms with E-state index in [-0.39, 0.29) is 11.5 Å². The van der Waals surface area contributed by atoms with Gasteiger partial charge in [0, 0.05) is 22.9 Å². The van der Waals surface area contributed by atoms with Crippen molar-refractivity contribution >= 4 is 11.0 Å². The van der Waals surface area contributed by atoms with Crippen LogP contribution >= 0.6 is 0 Å². The standard InChI is InChI=1S/C21H16O3/c22-16-8-6-15(7-9-16)21-19(12-14-4-2-1-3-5-14)18-13-17(23)10-11-20(18)24-21/h1-11,13,22-23H,12H2. The van der Waals surface area contributed by atoms with Crippen LogP contribution in [0.4, 0.5) is 0 Å². The van der Waals surface area contributed by atoms with E-state index in [9.17, 15) is 10.2 Å². The summed E-state index contributed by atoms with van der Waals surface area (Å²) < 4.78 is 6.06. The van der Waals surface area contributed by atoms with Gasteiger partial charge in [0.15, 0.2) is 0 Å². The Labute approximate surface area is 139 Å². The molecule has 2 N–H and O–H groups in total. The van der Waals surface area contributed by atoms with Crippen molar-refractivity contribution in [3.63, 3.8) is 0 Å². The van der Waals surface area contributed by atoms with E-state index < -0.39 is 0 Å². The molecule has 3 heteroatoms. The molecule has 0 aliphatic rings. The Bertz CT molecular complexity index is 983. The molecule has 0 aliphatic carbocycles. The Hall–Kier alpha value is -3.20. The second-order valence-corrected chi connectivity index (χ2v) is 5.80. The molecule has 0 amide bonds. The van der Waals surface area contributed by atoms with Crippen LogP contribution in [0.25, 0.3) is 22.3 Å². The zero-order valence-corrected chi connectivity index (χ0v) is 12.9. The minimum atomic E-state index is 0.217. The highest BCUT2D eigenvalue weighted by molar-refractivity contribution is 5.89. The summed E-state index contributed by atoms with van der Waals surface area (Å²) in [6.07, 6.45) is 0.702. The Balaban J connectivity index is 1.91. The lowest BCUT2D eigenvalue weighted by atomic mass is 9.98. The average molecular weight is 316 g/mol. The molecule has 3 aromatic carbocycles. The fraction of sp³-hybridized carbons (Fsp3) is 0.0476. The molecule has 0 saturated heterocycles. The highest BCUT2D eigenvalue weighted by Crippen LogP contribution is 2.37. The van der Waals surface area contributed by atoms with Crippen molar-refractivity contribution in [1.29, 1.82) is 0 Å². The second kappa shape index (κ2) is 5.78. The zero-order chi connectivity index (χ0) is 16.5. The van der Waals surface area contributed by atoms with Crippen LogP contribution in [0.5, 0.6) is 11.5 Å². The van der Waals surface area contributed by atoms with Crippen LogP contribution in [0.3, 0.4) is 0 Å². The Morgan fingerprint density at radius 2 is 1.46 bits per heavy atom. The highest BCUT2D eigenvalue weighted by atomic mass is 16.3. The van der Waals surface area contributed by atoms with Crippen molar-refractivity contribution in [3.8, 4) is 22.8 Å². The van der Waals surface area contributed by atoms with Crippen molar-refractivity contribution in [3.05, 3.63) is 83.9 Å². The van der Waals surface area contributed by atoms with Crippen LogP contribution in [-0.4, -0.2) is 10.2 Å². The van der Waals surface area contributed by atoms with Gasteiger partial charge < -0.3 is 14.6 Å². The predicted octanol–water partition coefficient (Wildman–Crippen LogP) is 5.10. The van der Waals surface area contributed by atoms with Crippen LogP contribution in [-0.2, 0) is 6.42 Å². The molecule has 0 fully saturated rings. The van der Waals surface area contributed by atoms with Gasteiger partial charge in [-0.25, -0.2) is 0 Å². The lowest BCUT2D eigenvalue weighted by molar-refractivity contribution is 0.475. The van der Waals surface area contributed by atoms with Gasteiger partial charge in [0.2, 0.25) is 0 Å². The van der Waals surface area contributed by atoms with Crippen LogP contribution < -0.4 is 0 Å². The maximum absolute atomic E-state index is 9.86. The molecule has 24 heavy (non-hydrogen) atoms. The van der Waals surface area contributed by atoms with E-state index >= 15 is 0 Å². The number of hydrogen-bond acceptors (Lipinski definition) is 3. The molecule has 4 rings (SSSR count). The predicted molar refractivity (Wildman–Crippen MR) is 94.2 cm³/mol. The summed E-state index contributed by atoms with van der Waals surface area (Å²) >= 11 is 0. The fourth-order valence-corrected chi connectivity index (χ4v) is 2.96. The number of benzene rings is 3. The third-order valence-corrected chi connectivity index (χ3v) is 4.13. The van der Waals surface area contributed by atoms with E-state index in [0.717, 1.165) is 27.9 Å². The molecule has 0 saturated carbocycles. The fourth-order valence-electron chi connectivity index (χ4n) is 2.96. The smallest absolute Gasteiger partial charge is 0.138 e. The molecule has 0 atom stereocenters. The second-order valence-electron chi connectivity index (χ2n) is 5.80. The number of rotatable bonds is 3. The zero-order valence-electron chi connectivity index (χ0n) is 12.9. The molecule has 0 unspecified atom stereocenters. The molecule has 0 spiro atoms. The first-order valence-corrected chi connectivity index (χ1v) is 7.78. The van der Waals surface area contributed by atoms with Gasteiger partial charge in [-0.05, 0) is 48.0 Å². The number of aromatic hydroxyl groups is 2. The van der Waals surface area contributed by atoms with E-state index in [4.69, 9.17) is 4.42 Å². The first kappa shape index (κ1) is 14.4. The van der Waals surface area contributed by atoms with E-state index in [1.807, 2.05) is 30.3 Å². The number of hydrogen-bond donors (Lipinski definition) is 2. The van der Waals surface area contributed by atoms with Crippen molar-refractivity contribution in [2.75, 3.05) is 0 Å². The molecule has 0 radical (unpaired) electrons. The minimum absolute atomic E-state index is 0.217. The van der Waals surface area contributed by atoms with E-state index in [0.29, 0.717) is 6.42 Å². The van der Waals surface area contributed by atoms with Gasteiger partial charge >= 0.3 is 0 Å². The van der Waals surface area contributed by atoms with Crippen molar-refractivity contribution in [2.24, 2.45) is 0 Å². The molecule has 3 nitrogen and oxygen atoms in total. The Morgan fingerprint density at radius 1 is 0.750 bits per heavy atom. The summed E-state index contributed by atoms with van der Waals surface area (Å²) in [5.74, 6) is 1.20. The number of phenolic OH excluding ortho intramolecular Hbond substituents is 2. The summed E-state index contributed by atoms with van der Waals surface area (Å²) in [6, 6.07) is 22.3. The van der Waals surface area contributed by atoms with E-state index in [2.05, 4.69) is 12.1 Å². The number of furan rings is 1. The highest BCUT2D eigenvalue weighted by Gasteiger charge is 2.17. The summed E-state index contributed by atoms with van der Waals surface area (Å²) in [5.41, 5.74) is 3.83. The van der Waals surface area contributed by atoms with Crippen LogP contribution in [0, 0.1) is 0 Å². The van der Waals surface area contributed by atoms with Gasteiger partial charge in [0.1, 0.15) is 22.8 Å². The molecule has 118 valence electrons. The molecular formula is C21H16O3. The lowest BCUT2D eigenvalue weighted by Crippen LogP contribution is -1.89. The van der Waals surface area contributed by atoms with Gasteiger partial charge in [0.05, 0.1) is 0 Å². The van der Waals surface area contributed by atoms with Gasteiger partial charge in [-0.15, -0.1) is 0 Å². The molecule has 0 aliphatic heterocycles. The molecule has 0 bridgehead atoms. The van der Waals surface area contributed by atoms with Gasteiger partial charge in [-0.3, -0.25) is 0 Å². The first-order valence-electron chi connectivity index (χ1n) is 7.78. The molecular weight excluding hydrogens is 300 g/mol. The lowest BCUT2D eigenvalue weighted by Gasteiger charge is -2.04. The van der Waals surface area contributed by atoms with Crippen molar-refractivity contribution < 1.29 is 14.6 Å². The van der Waals surface area contributed by atoms with Crippen LogP contribution in [0.15, 0.2) is 77.2 Å². The van der Waals surface area contributed by atoms with Gasteiger partial charge in [0.25, 0.3) is 0 Å². The number of phenols is 2. The molecule has 1 heterocycles. The SMILES string of the molecule is Oc1ccc(-c2oc3ccc(O)cc3c2Cc2ccccc2)cc1. The van der Waals surface area contributed by atoms with Gasteiger partial charge in [-0.2, -0.15) is 0 Å². The van der Waals surface area contributed by atoms with Crippen molar-refractivity contribution in [1.82, 2.24) is 0 Å². The third-order valence-electron chi connectivity index (χ3n) is 4.13. The Morgan fingerprint density at radius 3 is 2.21 bits per heavy atom. The average Bonchev–Trinajstić information content (AvgIpc) is 2.94. The maximum Gasteiger partial charge on any atom is 0.138 e. The summed E-state index contributed by atoms with van der Waals surface area (Å²) in [6.45, 7) is 0. The van der Waals surface area contributed by atoms with Crippen molar-refractivity contribution in [2.45, 2.75) is 6.42 Å². The maximum atomic E-state index is 9.86. The van der Waals surface area contributed by atoms with Crippen LogP contribution in [0.2, 0.25) is 0 Å². The summed E-state index contributed by atoms with van der Waals surface area (Å²) in [7, 11) is 0. The topological polar surface area (TPSA) is 53.6 Å². The monoisotopic (exact) mass is 316 g/mol. The quantitative estimate of drug-likeness (QED) is 0.553. The third kappa shape index (κ3) is 2.61. The number of fused-ring (bicyclic) bond motifs is 1. The van der Waals surface area contributed by atoms with E-state index in [1.165, 1.54) is 5.56 Å². The van der Waals surface area contributed by atoms with Gasteiger partial charge in [-0.1, -0.05) is 30.3 Å². The van der Waals surface area contributed by atoms with Crippen LogP contribution in [0.1, 0.15) is 11.1 Å². The summed E-state index contributed by atoms with van der Waals surface area (Å²) in [4.78, 5) is 0. The molecule has 4 aromatic rings. The minimum Gasteiger partial charge on any atom is -0.508 e. The Kier molecular flexibility index (Phi) is 3.47. The molecule has 1 aromatic heterocycles. The summed E-state index contributed by atoms with van der Waals surface area (Å²) in [5, 5.41) is 20.3. The normalized spacial score (nSPS) is 11.0. The first-order chi connectivity index (χ1) is 11.7. The van der Waals surface area contributed by atoms with E-state index in [1.54, 1.807) is 30.3 Å². The largest absolute Gasteiger partial charge is 0.508 e.